The van der Waals surface area contributed by atoms with E-state index < -0.39 is 10.0 Å². The van der Waals surface area contributed by atoms with Gasteiger partial charge < -0.3 is 4.57 Å². The van der Waals surface area contributed by atoms with Crippen LogP contribution < -0.4 is 4.72 Å². The van der Waals surface area contributed by atoms with Crippen LogP contribution in [0, 0.1) is 12.8 Å². The molecule has 3 aromatic rings. The van der Waals surface area contributed by atoms with Gasteiger partial charge in [-0.15, -0.1) is 0 Å². The summed E-state index contributed by atoms with van der Waals surface area (Å²) in [6.45, 7) is 4.63. The molecule has 1 N–H and O–H groups in total. The first-order valence-electron chi connectivity index (χ1n) is 9.02. The number of nitrogens with zero attached hydrogens (tertiary/aromatic N) is 5. The van der Waals surface area contributed by atoms with Crippen LogP contribution in [0.2, 0.25) is 0 Å². The Hall–Kier alpha value is -2.68. The first-order chi connectivity index (χ1) is 13.0. The Morgan fingerprint density at radius 3 is 2.67 bits per heavy atom. The number of imidazole rings is 1. The molecule has 0 aliphatic heterocycles. The van der Waals surface area contributed by atoms with Gasteiger partial charge in [0.2, 0.25) is 0 Å². The minimum atomic E-state index is -3.82. The average molecular weight is 386 g/mol. The molecule has 0 bridgehead atoms. The van der Waals surface area contributed by atoms with Crippen LogP contribution in [0.5, 0.6) is 0 Å². The van der Waals surface area contributed by atoms with Crippen molar-refractivity contribution in [3.63, 3.8) is 0 Å². The number of nitrogens with one attached hydrogen (secondary N) is 1. The van der Waals surface area contributed by atoms with Crippen molar-refractivity contribution in [3.8, 4) is 5.69 Å². The second-order valence-corrected chi connectivity index (χ2v) is 8.47. The van der Waals surface area contributed by atoms with Gasteiger partial charge in [0, 0.05) is 37.6 Å². The lowest BCUT2D eigenvalue weighted by molar-refractivity contribution is 0.594. The van der Waals surface area contributed by atoms with E-state index in [0.717, 1.165) is 18.1 Å². The molecule has 0 atom stereocenters. The molecule has 27 heavy (non-hydrogen) atoms. The highest BCUT2D eigenvalue weighted by molar-refractivity contribution is 7.92. The summed E-state index contributed by atoms with van der Waals surface area (Å²) in [6, 6.07) is 5.23. The first kappa shape index (κ1) is 17.7. The van der Waals surface area contributed by atoms with Crippen LogP contribution >= 0.6 is 0 Å². The summed E-state index contributed by atoms with van der Waals surface area (Å²) >= 11 is 0. The minimum absolute atomic E-state index is 0.0418. The van der Waals surface area contributed by atoms with Crippen LogP contribution in [-0.2, 0) is 23.0 Å². The molecule has 9 heteroatoms. The van der Waals surface area contributed by atoms with E-state index in [-0.39, 0.29) is 5.03 Å². The number of aromatic nitrogens is 5. The monoisotopic (exact) mass is 386 g/mol. The summed E-state index contributed by atoms with van der Waals surface area (Å²) in [6.07, 6.45) is 8.00. The maximum atomic E-state index is 12.9. The minimum Gasteiger partial charge on any atom is -0.333 e. The van der Waals surface area contributed by atoms with Crippen molar-refractivity contribution in [2.24, 2.45) is 5.92 Å². The average Bonchev–Trinajstić information content (AvgIpc) is 3.24. The van der Waals surface area contributed by atoms with Crippen molar-refractivity contribution in [2.45, 2.75) is 44.7 Å². The molecule has 1 fully saturated rings. The van der Waals surface area contributed by atoms with E-state index >= 15 is 0 Å². The second kappa shape index (κ2) is 6.80. The van der Waals surface area contributed by atoms with Gasteiger partial charge in [0.05, 0.1) is 11.4 Å². The van der Waals surface area contributed by atoms with Crippen LogP contribution in [-0.4, -0.2) is 32.7 Å². The van der Waals surface area contributed by atoms with Crippen molar-refractivity contribution >= 4 is 15.8 Å². The van der Waals surface area contributed by atoms with Gasteiger partial charge in [-0.05, 0) is 37.8 Å². The number of pyridine rings is 1. The third-order valence-corrected chi connectivity index (χ3v) is 5.78. The Bertz CT molecular complexity index is 1050. The lowest BCUT2D eigenvalue weighted by Crippen LogP contribution is -2.16. The Labute approximate surface area is 158 Å². The quantitative estimate of drug-likeness (QED) is 0.673. The molecule has 1 aliphatic rings. The molecule has 3 heterocycles. The topological polar surface area (TPSA) is 94.7 Å². The van der Waals surface area contributed by atoms with Crippen LogP contribution in [0.15, 0.2) is 41.8 Å². The molecule has 1 aliphatic carbocycles. The lowest BCUT2D eigenvalue weighted by atomic mass is 10.4. The van der Waals surface area contributed by atoms with Crippen molar-refractivity contribution in [3.05, 3.63) is 48.3 Å². The molecule has 8 nitrogen and oxygen atoms in total. The number of hydrogen-bond donors (Lipinski definition) is 1. The molecule has 3 aromatic heterocycles. The van der Waals surface area contributed by atoms with Crippen LogP contribution in [0.1, 0.15) is 31.3 Å². The molecule has 0 aromatic carbocycles. The van der Waals surface area contributed by atoms with Crippen LogP contribution in [0.25, 0.3) is 5.69 Å². The summed E-state index contributed by atoms with van der Waals surface area (Å²) in [5, 5.41) is 4.42. The van der Waals surface area contributed by atoms with E-state index in [1.807, 2.05) is 18.4 Å². The Morgan fingerprint density at radius 2 is 2.00 bits per heavy atom. The number of anilines is 1. The standard InChI is InChI=1S/C18H22N6O2S/c1-3-16-20-18(12-23(16)11-14-4-5-14)27(25,26)22-17-10-13(2)21-24(17)15-6-8-19-9-7-15/h6-10,12,14,22H,3-5,11H2,1-2H3. The van der Waals surface area contributed by atoms with E-state index in [1.165, 1.54) is 12.8 Å². The maximum absolute atomic E-state index is 12.9. The Morgan fingerprint density at radius 1 is 1.26 bits per heavy atom. The predicted molar refractivity (Wildman–Crippen MR) is 101 cm³/mol. The third kappa shape index (κ3) is 3.73. The molecule has 1 saturated carbocycles. The van der Waals surface area contributed by atoms with Crippen molar-refractivity contribution in [1.29, 1.82) is 0 Å². The summed E-state index contributed by atoms with van der Waals surface area (Å²) in [4.78, 5) is 8.35. The molecule has 0 radical (unpaired) electrons. The van der Waals surface area contributed by atoms with Gasteiger partial charge in [-0.25, -0.2) is 9.67 Å². The zero-order chi connectivity index (χ0) is 19.0. The van der Waals surface area contributed by atoms with Gasteiger partial charge in [-0.1, -0.05) is 6.92 Å². The number of hydrogen-bond acceptors (Lipinski definition) is 5. The molecular formula is C18H22N6O2S. The second-order valence-electron chi connectivity index (χ2n) is 6.84. The molecule has 0 spiro atoms. The van der Waals surface area contributed by atoms with E-state index in [9.17, 15) is 8.42 Å². The molecule has 142 valence electrons. The van der Waals surface area contributed by atoms with E-state index in [4.69, 9.17) is 0 Å². The molecular weight excluding hydrogens is 364 g/mol. The highest BCUT2D eigenvalue weighted by Crippen LogP contribution is 2.31. The zero-order valence-corrected chi connectivity index (χ0v) is 16.1. The Balaban J connectivity index is 1.65. The van der Waals surface area contributed by atoms with Crippen molar-refractivity contribution in [1.82, 2.24) is 24.3 Å². The predicted octanol–water partition coefficient (Wildman–Crippen LogP) is 2.55. The number of rotatable bonds is 7. The lowest BCUT2D eigenvalue weighted by Gasteiger charge is -2.09. The summed E-state index contributed by atoms with van der Waals surface area (Å²) in [5.74, 6) is 1.80. The van der Waals surface area contributed by atoms with Crippen LogP contribution in [0.3, 0.4) is 0 Å². The largest absolute Gasteiger partial charge is 0.333 e. The third-order valence-electron chi connectivity index (χ3n) is 4.56. The fourth-order valence-corrected chi connectivity index (χ4v) is 4.04. The van der Waals surface area contributed by atoms with Crippen LogP contribution in [0.4, 0.5) is 5.82 Å². The van der Waals surface area contributed by atoms with E-state index in [1.54, 1.807) is 41.5 Å². The normalized spacial score (nSPS) is 14.4. The highest BCUT2D eigenvalue weighted by atomic mass is 32.2. The highest BCUT2D eigenvalue weighted by Gasteiger charge is 2.26. The summed E-state index contributed by atoms with van der Waals surface area (Å²) < 4.78 is 32.0. The molecule has 0 unspecified atom stereocenters. The molecule has 0 amide bonds. The van der Waals surface area contributed by atoms with Crippen molar-refractivity contribution < 1.29 is 8.42 Å². The fraction of sp³-hybridized carbons (Fsp3) is 0.389. The maximum Gasteiger partial charge on any atom is 0.282 e. The first-order valence-corrected chi connectivity index (χ1v) is 10.5. The van der Waals surface area contributed by atoms with Gasteiger partial charge in [0.15, 0.2) is 5.03 Å². The fourth-order valence-electron chi connectivity index (χ4n) is 3.02. The Kier molecular flexibility index (Phi) is 4.47. The smallest absolute Gasteiger partial charge is 0.282 e. The van der Waals surface area contributed by atoms with Gasteiger partial charge >= 0.3 is 0 Å². The van der Waals surface area contributed by atoms with Gasteiger partial charge in [-0.2, -0.15) is 13.5 Å². The van der Waals surface area contributed by atoms with Gasteiger partial charge in [0.25, 0.3) is 10.0 Å². The van der Waals surface area contributed by atoms with Crippen molar-refractivity contribution in [2.75, 3.05) is 4.72 Å². The molecule has 0 saturated heterocycles. The summed E-state index contributed by atoms with van der Waals surface area (Å²) in [7, 11) is -3.82. The molecule has 4 rings (SSSR count). The summed E-state index contributed by atoms with van der Waals surface area (Å²) in [5.41, 5.74) is 1.43. The van der Waals surface area contributed by atoms with E-state index in [2.05, 4.69) is 19.8 Å². The van der Waals surface area contributed by atoms with Gasteiger partial charge in [0.1, 0.15) is 11.6 Å². The zero-order valence-electron chi connectivity index (χ0n) is 15.3. The van der Waals surface area contributed by atoms with E-state index in [0.29, 0.717) is 23.9 Å². The number of sulfonamides is 1. The van der Waals surface area contributed by atoms with Gasteiger partial charge in [-0.3, -0.25) is 9.71 Å². The SMILES string of the molecule is CCc1nc(S(=O)(=O)Nc2cc(C)nn2-c2ccncc2)cn1CC1CC1. The number of aryl methyl sites for hydroxylation is 2.